The SMILES string of the molecule is COCCCNCCOc1cccc(C(C)(C)C)c1. The van der Waals surface area contributed by atoms with E-state index in [1.807, 2.05) is 6.07 Å². The quantitative estimate of drug-likeness (QED) is 0.733. The number of nitrogens with one attached hydrogen (secondary N) is 1. The van der Waals surface area contributed by atoms with E-state index in [0.717, 1.165) is 31.9 Å². The van der Waals surface area contributed by atoms with Gasteiger partial charge in [-0.25, -0.2) is 0 Å². The van der Waals surface area contributed by atoms with Crippen LogP contribution in [0.15, 0.2) is 24.3 Å². The molecule has 0 aliphatic carbocycles. The highest BCUT2D eigenvalue weighted by Crippen LogP contribution is 2.25. The fourth-order valence-electron chi connectivity index (χ4n) is 1.76. The van der Waals surface area contributed by atoms with Crippen molar-refractivity contribution in [3.8, 4) is 5.75 Å². The third-order valence-corrected chi connectivity index (χ3v) is 2.95. The Morgan fingerprint density at radius 3 is 2.58 bits per heavy atom. The molecule has 3 nitrogen and oxygen atoms in total. The van der Waals surface area contributed by atoms with Crippen molar-refractivity contribution in [2.45, 2.75) is 32.6 Å². The molecule has 0 aliphatic heterocycles. The molecule has 3 heteroatoms. The number of methoxy groups -OCH3 is 1. The number of rotatable bonds is 8. The molecule has 1 aromatic carbocycles. The van der Waals surface area contributed by atoms with E-state index >= 15 is 0 Å². The third-order valence-electron chi connectivity index (χ3n) is 2.95. The van der Waals surface area contributed by atoms with Gasteiger partial charge in [0.05, 0.1) is 0 Å². The summed E-state index contributed by atoms with van der Waals surface area (Å²) < 4.78 is 10.7. The Morgan fingerprint density at radius 1 is 1.11 bits per heavy atom. The van der Waals surface area contributed by atoms with E-state index in [4.69, 9.17) is 9.47 Å². The molecule has 0 spiro atoms. The Kier molecular flexibility index (Phi) is 6.89. The second-order valence-electron chi connectivity index (χ2n) is 5.72. The van der Waals surface area contributed by atoms with Gasteiger partial charge in [0.1, 0.15) is 12.4 Å². The molecule has 19 heavy (non-hydrogen) atoms. The summed E-state index contributed by atoms with van der Waals surface area (Å²) in [7, 11) is 1.73. The van der Waals surface area contributed by atoms with Crippen LogP contribution in [-0.2, 0) is 10.2 Å². The second kappa shape index (κ2) is 8.18. The van der Waals surface area contributed by atoms with Gasteiger partial charge in [0.15, 0.2) is 0 Å². The molecule has 0 radical (unpaired) electrons. The minimum atomic E-state index is 0.164. The number of hydrogen-bond acceptors (Lipinski definition) is 3. The van der Waals surface area contributed by atoms with Crippen molar-refractivity contribution in [1.29, 1.82) is 0 Å². The largest absolute Gasteiger partial charge is 0.492 e. The number of benzene rings is 1. The van der Waals surface area contributed by atoms with E-state index in [-0.39, 0.29) is 5.41 Å². The minimum absolute atomic E-state index is 0.164. The fourth-order valence-corrected chi connectivity index (χ4v) is 1.76. The first-order valence-electron chi connectivity index (χ1n) is 6.97. The number of ether oxygens (including phenoxy) is 2. The molecule has 0 unspecified atom stereocenters. The normalized spacial score (nSPS) is 11.6. The average molecular weight is 265 g/mol. The summed E-state index contributed by atoms with van der Waals surface area (Å²) in [6, 6.07) is 8.35. The van der Waals surface area contributed by atoms with E-state index in [1.165, 1.54) is 5.56 Å². The van der Waals surface area contributed by atoms with Crippen molar-refractivity contribution in [1.82, 2.24) is 5.32 Å². The molecule has 1 rings (SSSR count). The van der Waals surface area contributed by atoms with Gasteiger partial charge in [-0.05, 0) is 36.1 Å². The van der Waals surface area contributed by atoms with Crippen LogP contribution in [0, 0.1) is 0 Å². The lowest BCUT2D eigenvalue weighted by atomic mass is 9.87. The average Bonchev–Trinajstić information content (AvgIpc) is 2.37. The van der Waals surface area contributed by atoms with Crippen LogP contribution >= 0.6 is 0 Å². The number of hydrogen-bond donors (Lipinski definition) is 1. The molecule has 0 aromatic heterocycles. The van der Waals surface area contributed by atoms with Crippen molar-refractivity contribution >= 4 is 0 Å². The molecule has 0 aliphatic rings. The lowest BCUT2D eigenvalue weighted by molar-refractivity contribution is 0.193. The van der Waals surface area contributed by atoms with Gasteiger partial charge in [-0.2, -0.15) is 0 Å². The molecule has 0 bridgehead atoms. The fraction of sp³-hybridized carbons (Fsp3) is 0.625. The van der Waals surface area contributed by atoms with Crippen molar-refractivity contribution in [3.05, 3.63) is 29.8 Å². The Balaban J connectivity index is 2.26. The smallest absolute Gasteiger partial charge is 0.119 e. The van der Waals surface area contributed by atoms with Crippen LogP contribution in [0.25, 0.3) is 0 Å². The molecule has 0 atom stereocenters. The predicted molar refractivity (Wildman–Crippen MR) is 80.0 cm³/mol. The van der Waals surface area contributed by atoms with Crippen LogP contribution in [0.2, 0.25) is 0 Å². The minimum Gasteiger partial charge on any atom is -0.492 e. The summed E-state index contributed by atoms with van der Waals surface area (Å²) in [5.74, 6) is 0.950. The highest BCUT2D eigenvalue weighted by atomic mass is 16.5. The van der Waals surface area contributed by atoms with E-state index in [0.29, 0.717) is 6.61 Å². The maximum Gasteiger partial charge on any atom is 0.119 e. The molecule has 0 saturated carbocycles. The van der Waals surface area contributed by atoms with Gasteiger partial charge in [0.25, 0.3) is 0 Å². The summed E-state index contributed by atoms with van der Waals surface area (Å²) in [4.78, 5) is 0. The second-order valence-corrected chi connectivity index (χ2v) is 5.72. The molecule has 0 saturated heterocycles. The molecular weight excluding hydrogens is 238 g/mol. The van der Waals surface area contributed by atoms with E-state index in [1.54, 1.807) is 7.11 Å². The zero-order valence-electron chi connectivity index (χ0n) is 12.7. The van der Waals surface area contributed by atoms with Gasteiger partial charge < -0.3 is 14.8 Å². The van der Waals surface area contributed by atoms with Crippen LogP contribution < -0.4 is 10.1 Å². The van der Waals surface area contributed by atoms with Crippen LogP contribution in [0.4, 0.5) is 0 Å². The Labute approximate surface area is 117 Å². The van der Waals surface area contributed by atoms with Crippen LogP contribution in [0.3, 0.4) is 0 Å². The van der Waals surface area contributed by atoms with Gasteiger partial charge in [-0.15, -0.1) is 0 Å². The van der Waals surface area contributed by atoms with Gasteiger partial charge in [-0.3, -0.25) is 0 Å². The lowest BCUT2D eigenvalue weighted by Gasteiger charge is -2.19. The molecule has 0 fully saturated rings. The molecule has 1 N–H and O–H groups in total. The maximum absolute atomic E-state index is 5.75. The van der Waals surface area contributed by atoms with Gasteiger partial charge in [-0.1, -0.05) is 32.9 Å². The highest BCUT2D eigenvalue weighted by molar-refractivity contribution is 5.32. The molecule has 0 amide bonds. The summed E-state index contributed by atoms with van der Waals surface area (Å²) in [5.41, 5.74) is 1.47. The summed E-state index contributed by atoms with van der Waals surface area (Å²) in [6.07, 6.45) is 1.04. The van der Waals surface area contributed by atoms with Crippen LogP contribution in [-0.4, -0.2) is 33.4 Å². The monoisotopic (exact) mass is 265 g/mol. The molecule has 0 heterocycles. The zero-order valence-corrected chi connectivity index (χ0v) is 12.7. The molecule has 108 valence electrons. The van der Waals surface area contributed by atoms with E-state index < -0.39 is 0 Å². The highest BCUT2D eigenvalue weighted by Gasteiger charge is 2.13. The zero-order chi connectivity index (χ0) is 14.1. The summed E-state index contributed by atoms with van der Waals surface area (Å²) in [6.45, 7) is 9.97. The van der Waals surface area contributed by atoms with Crippen molar-refractivity contribution in [3.63, 3.8) is 0 Å². The van der Waals surface area contributed by atoms with E-state index in [2.05, 4.69) is 44.3 Å². The standard InChI is InChI=1S/C16H27NO2/c1-16(2,3)14-7-5-8-15(13-14)19-12-10-17-9-6-11-18-4/h5,7-8,13,17H,6,9-12H2,1-4H3. The van der Waals surface area contributed by atoms with Gasteiger partial charge in [0, 0.05) is 20.3 Å². The lowest BCUT2D eigenvalue weighted by Crippen LogP contribution is -2.23. The summed E-state index contributed by atoms with van der Waals surface area (Å²) in [5, 5.41) is 3.33. The van der Waals surface area contributed by atoms with Crippen molar-refractivity contribution in [2.75, 3.05) is 33.4 Å². The topological polar surface area (TPSA) is 30.5 Å². The van der Waals surface area contributed by atoms with Gasteiger partial charge >= 0.3 is 0 Å². The van der Waals surface area contributed by atoms with Crippen LogP contribution in [0.1, 0.15) is 32.8 Å². The van der Waals surface area contributed by atoms with E-state index in [9.17, 15) is 0 Å². The Hall–Kier alpha value is -1.06. The summed E-state index contributed by atoms with van der Waals surface area (Å²) >= 11 is 0. The molecule has 1 aromatic rings. The first-order chi connectivity index (χ1) is 9.04. The first kappa shape index (κ1) is 16.0. The van der Waals surface area contributed by atoms with Gasteiger partial charge in [0.2, 0.25) is 0 Å². The maximum atomic E-state index is 5.75. The van der Waals surface area contributed by atoms with Crippen molar-refractivity contribution < 1.29 is 9.47 Å². The van der Waals surface area contributed by atoms with Crippen LogP contribution in [0.5, 0.6) is 5.75 Å². The predicted octanol–water partition coefficient (Wildman–Crippen LogP) is 2.99. The Morgan fingerprint density at radius 2 is 1.89 bits per heavy atom. The first-order valence-corrected chi connectivity index (χ1v) is 6.97. The third kappa shape index (κ3) is 6.60. The Bertz CT molecular complexity index is 358. The molecular formula is C16H27NO2. The van der Waals surface area contributed by atoms with Crippen molar-refractivity contribution in [2.24, 2.45) is 0 Å².